The van der Waals surface area contributed by atoms with E-state index in [-0.39, 0.29) is 24.6 Å². The molecule has 0 radical (unpaired) electrons. The van der Waals surface area contributed by atoms with Crippen molar-refractivity contribution < 1.29 is 9.21 Å². The summed E-state index contributed by atoms with van der Waals surface area (Å²) in [5.74, 6) is 0.212. The quantitative estimate of drug-likeness (QED) is 0.485. The van der Waals surface area contributed by atoms with Crippen molar-refractivity contribution in [1.82, 2.24) is 9.13 Å². The monoisotopic (exact) mass is 463 g/mol. The van der Waals surface area contributed by atoms with Crippen molar-refractivity contribution in [2.45, 2.75) is 52.6 Å². The summed E-state index contributed by atoms with van der Waals surface area (Å²) in [5.41, 5.74) is 3.00. The Hall–Kier alpha value is -3.39. The highest BCUT2D eigenvalue weighted by atomic mass is 32.1. The zero-order valence-corrected chi connectivity index (χ0v) is 19.5. The summed E-state index contributed by atoms with van der Waals surface area (Å²) in [6, 6.07) is 9.25. The van der Waals surface area contributed by atoms with Gasteiger partial charge in [-0.2, -0.15) is 0 Å². The van der Waals surface area contributed by atoms with Crippen LogP contribution in [0.25, 0.3) is 10.2 Å². The van der Waals surface area contributed by atoms with Crippen molar-refractivity contribution in [2.75, 3.05) is 5.32 Å². The fourth-order valence-corrected chi connectivity index (χ4v) is 5.91. The highest BCUT2D eigenvalue weighted by Crippen LogP contribution is 2.34. The SMILES string of the molecule is Cc1ccc(NC(=O)Cn2c(=O)n(Cc3ccco3)c(=O)c3c4c(sc32)CCCC4)c(C)c1. The third-order valence-corrected chi connectivity index (χ3v) is 7.49. The normalized spacial score (nSPS) is 13.3. The second-order valence-electron chi connectivity index (χ2n) is 8.60. The van der Waals surface area contributed by atoms with E-state index in [1.165, 1.54) is 26.7 Å². The molecule has 0 bridgehead atoms. The number of thiophene rings is 1. The van der Waals surface area contributed by atoms with Crippen LogP contribution in [0.3, 0.4) is 0 Å². The van der Waals surface area contributed by atoms with Gasteiger partial charge in [-0.05, 0) is 68.9 Å². The molecule has 0 aliphatic heterocycles. The van der Waals surface area contributed by atoms with Gasteiger partial charge in [0.15, 0.2) is 0 Å². The molecule has 1 N–H and O–H groups in total. The maximum absolute atomic E-state index is 13.5. The first kappa shape index (κ1) is 21.5. The molecule has 0 saturated carbocycles. The van der Waals surface area contributed by atoms with Gasteiger partial charge in [-0.3, -0.25) is 18.7 Å². The molecule has 5 rings (SSSR count). The predicted molar refractivity (Wildman–Crippen MR) is 129 cm³/mol. The molecular weight excluding hydrogens is 438 g/mol. The fraction of sp³-hybridized carbons (Fsp3) is 0.320. The van der Waals surface area contributed by atoms with E-state index < -0.39 is 5.69 Å². The van der Waals surface area contributed by atoms with Crippen molar-refractivity contribution in [3.63, 3.8) is 0 Å². The molecule has 3 heterocycles. The zero-order valence-electron chi connectivity index (χ0n) is 18.6. The molecule has 0 saturated heterocycles. The molecule has 1 aromatic carbocycles. The average molecular weight is 464 g/mol. The molecule has 1 aliphatic carbocycles. The first-order chi connectivity index (χ1) is 15.9. The summed E-state index contributed by atoms with van der Waals surface area (Å²) in [7, 11) is 0. The Morgan fingerprint density at radius 3 is 2.70 bits per heavy atom. The second-order valence-corrected chi connectivity index (χ2v) is 9.68. The van der Waals surface area contributed by atoms with Crippen LogP contribution in [-0.4, -0.2) is 15.0 Å². The average Bonchev–Trinajstić information content (AvgIpc) is 3.44. The minimum atomic E-state index is -0.502. The summed E-state index contributed by atoms with van der Waals surface area (Å²) >= 11 is 1.47. The molecule has 3 aromatic heterocycles. The van der Waals surface area contributed by atoms with Crippen LogP contribution < -0.4 is 16.6 Å². The lowest BCUT2D eigenvalue weighted by atomic mass is 9.97. The number of benzene rings is 1. The number of nitrogens with zero attached hydrogens (tertiary/aromatic N) is 2. The number of furan rings is 1. The molecule has 1 amide bonds. The van der Waals surface area contributed by atoms with Crippen molar-refractivity contribution in [3.05, 3.63) is 84.8 Å². The molecule has 4 aromatic rings. The smallest absolute Gasteiger partial charge is 0.333 e. The Morgan fingerprint density at radius 1 is 1.12 bits per heavy atom. The standard InChI is InChI=1S/C25H25N3O4S/c1-15-9-10-19(16(2)12-15)26-21(29)14-28-24-22(18-7-3-4-8-20(18)33-24)23(30)27(25(28)31)13-17-6-5-11-32-17/h5-6,9-12H,3-4,7-8,13-14H2,1-2H3,(H,26,29). The number of fused-ring (bicyclic) bond motifs is 3. The van der Waals surface area contributed by atoms with E-state index in [0.717, 1.165) is 47.3 Å². The van der Waals surface area contributed by atoms with Crippen LogP contribution in [0.5, 0.6) is 0 Å². The molecule has 0 fully saturated rings. The lowest BCUT2D eigenvalue weighted by Crippen LogP contribution is -2.41. The van der Waals surface area contributed by atoms with Crippen LogP contribution >= 0.6 is 11.3 Å². The van der Waals surface area contributed by atoms with Crippen molar-refractivity contribution in [3.8, 4) is 0 Å². The predicted octanol–water partition coefficient (Wildman–Crippen LogP) is 4.00. The highest BCUT2D eigenvalue weighted by molar-refractivity contribution is 7.18. The van der Waals surface area contributed by atoms with E-state index in [9.17, 15) is 14.4 Å². The molecule has 170 valence electrons. The van der Waals surface area contributed by atoms with Crippen LogP contribution in [-0.2, 0) is 30.7 Å². The van der Waals surface area contributed by atoms with Gasteiger partial charge in [0.05, 0.1) is 18.2 Å². The van der Waals surface area contributed by atoms with Crippen LogP contribution in [0.1, 0.15) is 40.2 Å². The van der Waals surface area contributed by atoms with E-state index in [1.54, 1.807) is 12.1 Å². The number of rotatable bonds is 5. The Bertz CT molecular complexity index is 1470. The van der Waals surface area contributed by atoms with Crippen LogP contribution in [0.2, 0.25) is 0 Å². The number of carbonyl (C=O) groups is 1. The topological polar surface area (TPSA) is 86.2 Å². The third-order valence-electron chi connectivity index (χ3n) is 6.17. The zero-order chi connectivity index (χ0) is 23.1. The largest absolute Gasteiger partial charge is 0.467 e. The number of nitrogens with one attached hydrogen (secondary N) is 1. The minimum Gasteiger partial charge on any atom is -0.467 e. The highest BCUT2D eigenvalue weighted by Gasteiger charge is 2.25. The number of amides is 1. The Balaban J connectivity index is 1.60. The number of hydrogen-bond acceptors (Lipinski definition) is 5. The Kier molecular flexibility index (Phi) is 5.54. The Labute approximate surface area is 194 Å². The van der Waals surface area contributed by atoms with Gasteiger partial charge in [0, 0.05) is 10.6 Å². The second kappa shape index (κ2) is 8.51. The van der Waals surface area contributed by atoms with Gasteiger partial charge >= 0.3 is 5.69 Å². The molecule has 8 heteroatoms. The summed E-state index contributed by atoms with van der Waals surface area (Å²) < 4.78 is 8.03. The van der Waals surface area contributed by atoms with Crippen LogP contribution in [0, 0.1) is 13.8 Å². The molecule has 1 aliphatic rings. The number of carbonyl (C=O) groups excluding carboxylic acids is 1. The van der Waals surface area contributed by atoms with E-state index in [2.05, 4.69) is 5.32 Å². The number of aryl methyl sites for hydroxylation is 4. The van der Waals surface area contributed by atoms with Gasteiger partial charge < -0.3 is 9.73 Å². The number of hydrogen-bond donors (Lipinski definition) is 1. The van der Waals surface area contributed by atoms with E-state index in [0.29, 0.717) is 21.7 Å². The molecular formula is C25H25N3O4S. The van der Waals surface area contributed by atoms with Crippen molar-refractivity contribution in [2.24, 2.45) is 0 Å². The van der Waals surface area contributed by atoms with Gasteiger partial charge in [-0.25, -0.2) is 4.79 Å². The lowest BCUT2D eigenvalue weighted by Gasteiger charge is -2.14. The third kappa shape index (κ3) is 3.95. The van der Waals surface area contributed by atoms with Crippen LogP contribution in [0.15, 0.2) is 50.6 Å². The van der Waals surface area contributed by atoms with E-state index in [4.69, 9.17) is 4.42 Å². The molecule has 33 heavy (non-hydrogen) atoms. The molecule has 0 unspecified atom stereocenters. The van der Waals surface area contributed by atoms with Crippen LogP contribution in [0.4, 0.5) is 5.69 Å². The van der Waals surface area contributed by atoms with Gasteiger partial charge in [-0.15, -0.1) is 11.3 Å². The molecule has 0 atom stereocenters. The van der Waals surface area contributed by atoms with E-state index >= 15 is 0 Å². The van der Waals surface area contributed by atoms with Gasteiger partial charge in [0.25, 0.3) is 5.56 Å². The number of aromatic nitrogens is 2. The van der Waals surface area contributed by atoms with E-state index in [1.807, 2.05) is 32.0 Å². The molecule has 7 nitrogen and oxygen atoms in total. The van der Waals surface area contributed by atoms with Gasteiger partial charge in [0.1, 0.15) is 17.1 Å². The van der Waals surface area contributed by atoms with Crippen molar-refractivity contribution in [1.29, 1.82) is 0 Å². The summed E-state index contributed by atoms with van der Waals surface area (Å²) in [4.78, 5) is 41.6. The lowest BCUT2D eigenvalue weighted by molar-refractivity contribution is -0.116. The van der Waals surface area contributed by atoms with Gasteiger partial charge in [0.2, 0.25) is 5.91 Å². The summed E-state index contributed by atoms with van der Waals surface area (Å²) in [6.45, 7) is 3.80. The van der Waals surface area contributed by atoms with Crippen molar-refractivity contribution >= 4 is 33.1 Å². The minimum absolute atomic E-state index is 0.0317. The first-order valence-electron chi connectivity index (χ1n) is 11.1. The number of anilines is 1. The fourth-order valence-electron chi connectivity index (χ4n) is 4.54. The Morgan fingerprint density at radius 2 is 1.94 bits per heavy atom. The first-order valence-corrected chi connectivity index (χ1v) is 11.9. The summed E-state index contributed by atoms with van der Waals surface area (Å²) in [6.07, 6.45) is 5.31. The molecule has 0 spiro atoms. The maximum atomic E-state index is 13.5. The summed E-state index contributed by atoms with van der Waals surface area (Å²) in [5, 5.41) is 3.49. The van der Waals surface area contributed by atoms with Gasteiger partial charge in [-0.1, -0.05) is 17.7 Å². The maximum Gasteiger partial charge on any atom is 0.333 e.